The van der Waals surface area contributed by atoms with Crippen LogP contribution in [0.25, 0.3) is 0 Å². The van der Waals surface area contributed by atoms with Crippen LogP contribution in [-0.2, 0) is 11.3 Å². The Morgan fingerprint density at radius 1 is 1.25 bits per heavy atom. The van der Waals surface area contributed by atoms with Gasteiger partial charge in [0.1, 0.15) is 5.82 Å². The van der Waals surface area contributed by atoms with Crippen LogP contribution in [0.1, 0.15) is 30.7 Å². The lowest BCUT2D eigenvalue weighted by Gasteiger charge is -2.37. The van der Waals surface area contributed by atoms with Gasteiger partial charge < -0.3 is 4.90 Å². The van der Waals surface area contributed by atoms with Crippen molar-refractivity contribution in [2.75, 3.05) is 26.7 Å². The number of aryl methyl sites for hydroxylation is 1. The van der Waals surface area contributed by atoms with Gasteiger partial charge in [0, 0.05) is 44.6 Å². The van der Waals surface area contributed by atoms with Gasteiger partial charge in [-0.25, -0.2) is 9.97 Å². The Morgan fingerprint density at radius 3 is 2.75 bits per heavy atom. The second-order valence-corrected chi connectivity index (χ2v) is 6.21. The second kappa shape index (κ2) is 5.13. The topological polar surface area (TPSA) is 49.3 Å². The highest BCUT2D eigenvalue weighted by atomic mass is 16.2. The molecule has 3 heterocycles. The SMILES string of the molecule is Cc1ncc(CN2CC[C@@]3(CCCN(C)C3=O)C2)cn1. The number of likely N-dealkylation sites (tertiary alicyclic amines) is 2. The lowest BCUT2D eigenvalue weighted by Crippen LogP contribution is -2.48. The fourth-order valence-electron chi connectivity index (χ4n) is 3.50. The average Bonchev–Trinajstić information content (AvgIpc) is 2.83. The molecule has 0 aliphatic carbocycles. The van der Waals surface area contributed by atoms with Crippen molar-refractivity contribution in [1.82, 2.24) is 19.8 Å². The van der Waals surface area contributed by atoms with Crippen LogP contribution in [0.3, 0.4) is 0 Å². The van der Waals surface area contributed by atoms with Crippen LogP contribution < -0.4 is 0 Å². The number of carbonyl (C=O) groups excluding carboxylic acids is 1. The van der Waals surface area contributed by atoms with E-state index in [0.29, 0.717) is 5.91 Å². The lowest BCUT2D eigenvalue weighted by atomic mass is 9.78. The van der Waals surface area contributed by atoms with Gasteiger partial charge in [-0.15, -0.1) is 0 Å². The zero-order chi connectivity index (χ0) is 14.2. The summed E-state index contributed by atoms with van der Waals surface area (Å²) in [6.45, 7) is 5.52. The largest absolute Gasteiger partial charge is 0.345 e. The molecule has 3 rings (SSSR count). The van der Waals surface area contributed by atoms with Crippen LogP contribution in [0, 0.1) is 12.3 Å². The minimum absolute atomic E-state index is 0.126. The first-order valence-corrected chi connectivity index (χ1v) is 7.35. The van der Waals surface area contributed by atoms with Crippen molar-refractivity contribution >= 4 is 5.91 Å². The quantitative estimate of drug-likeness (QED) is 0.814. The normalized spacial score (nSPS) is 27.5. The van der Waals surface area contributed by atoms with Crippen LogP contribution in [0.4, 0.5) is 0 Å². The summed E-state index contributed by atoms with van der Waals surface area (Å²) in [5, 5.41) is 0. The van der Waals surface area contributed by atoms with E-state index in [9.17, 15) is 4.79 Å². The molecule has 1 amide bonds. The monoisotopic (exact) mass is 274 g/mol. The molecule has 2 aliphatic heterocycles. The van der Waals surface area contributed by atoms with Crippen LogP contribution in [0.2, 0.25) is 0 Å². The van der Waals surface area contributed by atoms with Crippen molar-refractivity contribution in [2.45, 2.75) is 32.7 Å². The zero-order valence-corrected chi connectivity index (χ0v) is 12.3. The van der Waals surface area contributed by atoms with E-state index >= 15 is 0 Å². The molecule has 1 spiro atoms. The van der Waals surface area contributed by atoms with Gasteiger partial charge in [-0.2, -0.15) is 0 Å². The van der Waals surface area contributed by atoms with Gasteiger partial charge in [0.15, 0.2) is 0 Å². The first-order chi connectivity index (χ1) is 9.59. The number of hydrogen-bond acceptors (Lipinski definition) is 4. The van der Waals surface area contributed by atoms with Gasteiger partial charge in [-0.1, -0.05) is 0 Å². The van der Waals surface area contributed by atoms with Crippen LogP contribution >= 0.6 is 0 Å². The molecule has 5 nitrogen and oxygen atoms in total. The molecule has 108 valence electrons. The van der Waals surface area contributed by atoms with E-state index < -0.39 is 0 Å². The molecule has 20 heavy (non-hydrogen) atoms. The highest BCUT2D eigenvalue weighted by Gasteiger charge is 2.47. The number of hydrogen-bond donors (Lipinski definition) is 0. The van der Waals surface area contributed by atoms with Crippen molar-refractivity contribution in [2.24, 2.45) is 5.41 Å². The van der Waals surface area contributed by atoms with Gasteiger partial charge in [-0.3, -0.25) is 9.69 Å². The summed E-state index contributed by atoms with van der Waals surface area (Å²) in [6.07, 6.45) is 6.94. The summed E-state index contributed by atoms with van der Waals surface area (Å²) < 4.78 is 0. The van der Waals surface area contributed by atoms with E-state index in [1.54, 1.807) is 0 Å². The molecule has 5 heteroatoms. The number of rotatable bonds is 2. The summed E-state index contributed by atoms with van der Waals surface area (Å²) >= 11 is 0. The van der Waals surface area contributed by atoms with Gasteiger partial charge in [0.05, 0.1) is 5.41 Å². The minimum Gasteiger partial charge on any atom is -0.345 e. The van der Waals surface area contributed by atoms with Crippen molar-refractivity contribution in [3.63, 3.8) is 0 Å². The molecular weight excluding hydrogens is 252 g/mol. The van der Waals surface area contributed by atoms with E-state index in [2.05, 4.69) is 14.9 Å². The number of aromatic nitrogens is 2. The van der Waals surface area contributed by atoms with Gasteiger partial charge in [0.25, 0.3) is 0 Å². The molecular formula is C15H22N4O. The number of carbonyl (C=O) groups is 1. The van der Waals surface area contributed by atoms with E-state index in [-0.39, 0.29) is 5.41 Å². The van der Waals surface area contributed by atoms with Crippen LogP contribution in [0.5, 0.6) is 0 Å². The van der Waals surface area contributed by atoms with Crippen molar-refractivity contribution in [3.05, 3.63) is 23.8 Å². The molecule has 0 saturated carbocycles. The standard InChI is InChI=1S/C15H22N4O/c1-12-16-8-13(9-17-12)10-19-7-5-15(11-19)4-3-6-18(2)14(15)20/h8-9H,3-7,10-11H2,1-2H3/t15-/m0/s1. The fraction of sp³-hybridized carbons (Fsp3) is 0.667. The highest BCUT2D eigenvalue weighted by Crippen LogP contribution is 2.39. The van der Waals surface area contributed by atoms with Crippen LogP contribution in [-0.4, -0.2) is 52.4 Å². The summed E-state index contributed by atoms with van der Waals surface area (Å²) in [7, 11) is 1.93. The molecule has 1 atom stereocenters. The van der Waals surface area contributed by atoms with Crippen molar-refractivity contribution < 1.29 is 4.79 Å². The lowest BCUT2D eigenvalue weighted by molar-refractivity contribution is -0.143. The molecule has 2 aliphatic rings. The molecule has 0 radical (unpaired) electrons. The van der Waals surface area contributed by atoms with E-state index in [0.717, 1.165) is 56.8 Å². The molecule has 0 N–H and O–H groups in total. The first-order valence-electron chi connectivity index (χ1n) is 7.35. The van der Waals surface area contributed by atoms with Crippen molar-refractivity contribution in [3.8, 4) is 0 Å². The maximum absolute atomic E-state index is 12.5. The first kappa shape index (κ1) is 13.5. The molecule has 2 fully saturated rings. The predicted octanol–water partition coefficient (Wildman–Crippen LogP) is 1.23. The Kier molecular flexibility index (Phi) is 3.46. The molecule has 2 saturated heterocycles. The Balaban J connectivity index is 1.67. The van der Waals surface area contributed by atoms with Gasteiger partial charge in [-0.05, 0) is 32.7 Å². The molecule has 1 aromatic rings. The van der Waals surface area contributed by atoms with Gasteiger partial charge in [0.2, 0.25) is 5.91 Å². The van der Waals surface area contributed by atoms with Gasteiger partial charge >= 0.3 is 0 Å². The summed E-state index contributed by atoms with van der Waals surface area (Å²) in [5.41, 5.74) is 1.00. The highest BCUT2D eigenvalue weighted by molar-refractivity contribution is 5.83. The fourth-order valence-corrected chi connectivity index (χ4v) is 3.50. The Morgan fingerprint density at radius 2 is 2.00 bits per heavy atom. The summed E-state index contributed by atoms with van der Waals surface area (Å²) in [4.78, 5) is 25.2. The average molecular weight is 274 g/mol. The Bertz CT molecular complexity index is 501. The Labute approximate surface area is 120 Å². The molecule has 1 aromatic heterocycles. The van der Waals surface area contributed by atoms with E-state index in [4.69, 9.17) is 0 Å². The zero-order valence-electron chi connectivity index (χ0n) is 12.3. The third kappa shape index (κ3) is 2.42. The maximum atomic E-state index is 12.5. The third-order valence-corrected chi connectivity index (χ3v) is 4.62. The molecule has 0 bridgehead atoms. The van der Waals surface area contributed by atoms with E-state index in [1.165, 1.54) is 0 Å². The smallest absolute Gasteiger partial charge is 0.229 e. The molecule has 0 unspecified atom stereocenters. The number of amides is 1. The predicted molar refractivity (Wildman–Crippen MR) is 76.0 cm³/mol. The summed E-state index contributed by atoms with van der Waals surface area (Å²) in [6, 6.07) is 0. The Hall–Kier alpha value is -1.49. The van der Waals surface area contributed by atoms with Crippen molar-refractivity contribution in [1.29, 1.82) is 0 Å². The molecule has 0 aromatic carbocycles. The number of nitrogens with zero attached hydrogens (tertiary/aromatic N) is 4. The third-order valence-electron chi connectivity index (χ3n) is 4.62. The minimum atomic E-state index is -0.126. The summed E-state index contributed by atoms with van der Waals surface area (Å²) in [5.74, 6) is 1.14. The number of piperidine rings is 1. The van der Waals surface area contributed by atoms with Crippen LogP contribution in [0.15, 0.2) is 12.4 Å². The van der Waals surface area contributed by atoms with E-state index in [1.807, 2.05) is 31.3 Å². The maximum Gasteiger partial charge on any atom is 0.229 e. The second-order valence-electron chi connectivity index (χ2n) is 6.21.